The van der Waals surface area contributed by atoms with Crippen LogP contribution in [0.1, 0.15) is 27.7 Å². The van der Waals surface area contributed by atoms with Gasteiger partial charge in [-0.25, -0.2) is 4.79 Å². The van der Waals surface area contributed by atoms with E-state index < -0.39 is 11.2 Å². The first-order chi connectivity index (χ1) is 9.56. The zero-order valence-electron chi connectivity index (χ0n) is 13.8. The quantitative estimate of drug-likeness (QED) is 0.711. The van der Waals surface area contributed by atoms with E-state index in [-0.39, 0.29) is 23.0 Å². The minimum atomic E-state index is -0.480. The first-order valence-corrected chi connectivity index (χ1v) is 7.10. The predicted molar refractivity (Wildman–Crippen MR) is 86.8 cm³/mol. The summed E-state index contributed by atoms with van der Waals surface area (Å²) in [7, 11) is 3.93. The molecule has 4 N–H and O–H groups in total. The summed E-state index contributed by atoms with van der Waals surface area (Å²) in [5, 5.41) is 3.07. The molecule has 0 spiro atoms. The second-order valence-corrected chi connectivity index (χ2v) is 6.58. The monoisotopic (exact) mass is 297 g/mol. The molecular weight excluding hydrogens is 270 g/mol. The van der Waals surface area contributed by atoms with Crippen molar-refractivity contribution in [1.29, 1.82) is 0 Å². The molecule has 0 aromatic carbocycles. The van der Waals surface area contributed by atoms with Gasteiger partial charge in [-0.2, -0.15) is 0 Å². The zero-order chi connectivity index (χ0) is 16.4. The van der Waals surface area contributed by atoms with E-state index in [1.807, 2.05) is 27.9 Å². The molecule has 0 bridgehead atoms. The van der Waals surface area contributed by atoms with Crippen LogP contribution >= 0.6 is 0 Å². The maximum absolute atomic E-state index is 12.0. The minimum absolute atomic E-state index is 0.155. The van der Waals surface area contributed by atoms with Gasteiger partial charge in [-0.15, -0.1) is 0 Å². The van der Waals surface area contributed by atoms with Gasteiger partial charge in [0.25, 0.3) is 5.56 Å². The van der Waals surface area contributed by atoms with Crippen molar-refractivity contribution >= 4 is 11.5 Å². The zero-order valence-corrected chi connectivity index (χ0v) is 13.8. The fraction of sp³-hybridized carbons (Fsp3) is 0.714. The lowest BCUT2D eigenvalue weighted by molar-refractivity contribution is 0.210. The van der Waals surface area contributed by atoms with Gasteiger partial charge in [0.15, 0.2) is 0 Å². The van der Waals surface area contributed by atoms with E-state index >= 15 is 0 Å². The van der Waals surface area contributed by atoms with Gasteiger partial charge in [-0.1, -0.05) is 13.8 Å². The fourth-order valence-corrected chi connectivity index (χ4v) is 1.77. The van der Waals surface area contributed by atoms with Crippen LogP contribution in [-0.2, 0) is 6.54 Å². The smallest absolute Gasteiger partial charge is 0.330 e. The standard InChI is InChI=1S/C14H27N5O2/c1-9(2)7-19-11(15)10(12(20)17-13(19)21)16-8-14(3,4)18(5)6/h9,16H,7-8,15H2,1-6H3,(H,17,20,21). The van der Waals surface area contributed by atoms with Crippen molar-refractivity contribution in [3.05, 3.63) is 20.8 Å². The van der Waals surface area contributed by atoms with Crippen LogP contribution in [0.5, 0.6) is 0 Å². The lowest BCUT2D eigenvalue weighted by Crippen LogP contribution is -2.45. The molecule has 120 valence electrons. The molecule has 21 heavy (non-hydrogen) atoms. The first kappa shape index (κ1) is 17.3. The molecule has 0 saturated heterocycles. The molecule has 1 aromatic heterocycles. The van der Waals surface area contributed by atoms with E-state index in [2.05, 4.69) is 29.0 Å². The van der Waals surface area contributed by atoms with E-state index in [4.69, 9.17) is 5.73 Å². The summed E-state index contributed by atoms with van der Waals surface area (Å²) in [5.74, 6) is 0.439. The van der Waals surface area contributed by atoms with E-state index in [9.17, 15) is 9.59 Å². The van der Waals surface area contributed by atoms with Crippen molar-refractivity contribution in [2.75, 3.05) is 31.7 Å². The highest BCUT2D eigenvalue weighted by Gasteiger charge is 2.22. The van der Waals surface area contributed by atoms with Gasteiger partial charge < -0.3 is 16.0 Å². The number of nitrogens with zero attached hydrogens (tertiary/aromatic N) is 2. The Hall–Kier alpha value is -1.76. The average Bonchev–Trinajstić information content (AvgIpc) is 2.33. The van der Waals surface area contributed by atoms with Crippen LogP contribution in [-0.4, -0.2) is 40.6 Å². The first-order valence-electron chi connectivity index (χ1n) is 7.10. The number of anilines is 2. The summed E-state index contributed by atoms with van der Waals surface area (Å²) < 4.78 is 1.40. The number of nitrogens with two attached hydrogens (primary N) is 1. The van der Waals surface area contributed by atoms with Crippen molar-refractivity contribution in [3.8, 4) is 0 Å². The molecule has 0 amide bonds. The van der Waals surface area contributed by atoms with Crippen LogP contribution in [0.15, 0.2) is 9.59 Å². The number of H-pyrrole nitrogens is 1. The van der Waals surface area contributed by atoms with Gasteiger partial charge in [0.2, 0.25) is 0 Å². The summed E-state index contributed by atoms with van der Waals surface area (Å²) in [5.41, 5.74) is 5.16. The third kappa shape index (κ3) is 4.10. The maximum Gasteiger partial charge on any atom is 0.330 e. The Kier molecular flexibility index (Phi) is 5.22. The molecule has 1 heterocycles. The molecule has 1 rings (SSSR count). The SMILES string of the molecule is CC(C)Cn1c(N)c(NCC(C)(C)N(C)C)c(=O)[nH]c1=O. The van der Waals surface area contributed by atoms with Gasteiger partial charge in [-0.05, 0) is 33.9 Å². The summed E-state index contributed by atoms with van der Waals surface area (Å²) in [6, 6.07) is 0. The average molecular weight is 297 g/mol. The number of hydrogen-bond acceptors (Lipinski definition) is 5. The molecule has 0 aliphatic carbocycles. The second kappa shape index (κ2) is 6.34. The molecular formula is C14H27N5O2. The molecule has 0 unspecified atom stereocenters. The van der Waals surface area contributed by atoms with Gasteiger partial charge in [0, 0.05) is 18.6 Å². The highest BCUT2D eigenvalue weighted by molar-refractivity contribution is 5.60. The molecule has 0 aliphatic heterocycles. The molecule has 1 aromatic rings. The minimum Gasteiger partial charge on any atom is -0.383 e. The molecule has 7 heteroatoms. The fourth-order valence-electron chi connectivity index (χ4n) is 1.77. The van der Waals surface area contributed by atoms with Crippen molar-refractivity contribution in [1.82, 2.24) is 14.5 Å². The van der Waals surface area contributed by atoms with Crippen molar-refractivity contribution in [2.24, 2.45) is 5.92 Å². The van der Waals surface area contributed by atoms with Crippen LogP contribution in [0, 0.1) is 5.92 Å². The molecule has 0 aliphatic rings. The van der Waals surface area contributed by atoms with E-state index in [0.717, 1.165) is 0 Å². The van der Waals surface area contributed by atoms with Crippen LogP contribution in [0.4, 0.5) is 11.5 Å². The third-order valence-electron chi connectivity index (χ3n) is 3.70. The van der Waals surface area contributed by atoms with E-state index in [1.165, 1.54) is 4.57 Å². The van der Waals surface area contributed by atoms with Crippen molar-refractivity contribution < 1.29 is 0 Å². The lowest BCUT2D eigenvalue weighted by Gasteiger charge is -2.33. The number of nitrogens with one attached hydrogen (secondary N) is 2. The molecule has 0 atom stereocenters. The number of nitrogen functional groups attached to an aromatic ring is 1. The van der Waals surface area contributed by atoms with Crippen LogP contribution in [0.3, 0.4) is 0 Å². The van der Waals surface area contributed by atoms with E-state index in [1.54, 1.807) is 0 Å². The van der Waals surface area contributed by atoms with Gasteiger partial charge >= 0.3 is 5.69 Å². The molecule has 0 saturated carbocycles. The second-order valence-electron chi connectivity index (χ2n) is 6.58. The summed E-state index contributed by atoms with van der Waals surface area (Å²) in [6.07, 6.45) is 0. The largest absolute Gasteiger partial charge is 0.383 e. The highest BCUT2D eigenvalue weighted by atomic mass is 16.2. The Morgan fingerprint density at radius 1 is 1.33 bits per heavy atom. The third-order valence-corrected chi connectivity index (χ3v) is 3.70. The summed E-state index contributed by atoms with van der Waals surface area (Å²) in [6.45, 7) is 9.07. The normalized spacial score (nSPS) is 12.2. The van der Waals surface area contributed by atoms with Crippen molar-refractivity contribution in [3.63, 3.8) is 0 Å². The number of rotatable bonds is 6. The molecule has 0 fully saturated rings. The van der Waals surface area contributed by atoms with Gasteiger partial charge in [-0.3, -0.25) is 14.3 Å². The maximum atomic E-state index is 12.0. The number of aromatic nitrogens is 2. The highest BCUT2D eigenvalue weighted by Crippen LogP contribution is 2.15. The Bertz CT molecular complexity index is 598. The van der Waals surface area contributed by atoms with Gasteiger partial charge in [0.05, 0.1) is 0 Å². The Morgan fingerprint density at radius 3 is 2.38 bits per heavy atom. The number of likely N-dealkylation sites (N-methyl/N-ethyl adjacent to an activating group) is 1. The van der Waals surface area contributed by atoms with E-state index in [0.29, 0.717) is 13.1 Å². The van der Waals surface area contributed by atoms with Gasteiger partial charge in [0.1, 0.15) is 11.5 Å². The number of hydrogen-bond donors (Lipinski definition) is 3. The molecule has 0 radical (unpaired) electrons. The summed E-state index contributed by atoms with van der Waals surface area (Å²) >= 11 is 0. The Balaban J connectivity index is 3.14. The van der Waals surface area contributed by atoms with Crippen LogP contribution in [0.25, 0.3) is 0 Å². The Labute approximate surface area is 125 Å². The number of aromatic amines is 1. The predicted octanol–water partition coefficient (Wildman–Crippen LogP) is 0.527. The molecule has 7 nitrogen and oxygen atoms in total. The topological polar surface area (TPSA) is 96.2 Å². The van der Waals surface area contributed by atoms with Crippen molar-refractivity contribution in [2.45, 2.75) is 39.8 Å². The Morgan fingerprint density at radius 2 is 1.90 bits per heavy atom. The van der Waals surface area contributed by atoms with Crippen LogP contribution < -0.4 is 22.3 Å². The lowest BCUT2D eigenvalue weighted by atomic mass is 10.0. The van der Waals surface area contributed by atoms with Crippen LogP contribution in [0.2, 0.25) is 0 Å². The summed E-state index contributed by atoms with van der Waals surface area (Å²) in [4.78, 5) is 28.2.